The Morgan fingerprint density at radius 1 is 0.971 bits per heavy atom. The minimum atomic E-state index is -0.412. The van der Waals surface area contributed by atoms with Crippen molar-refractivity contribution in [2.24, 2.45) is 0 Å². The molecule has 0 unspecified atom stereocenters. The van der Waals surface area contributed by atoms with Gasteiger partial charge in [-0.05, 0) is 50.6 Å². The van der Waals surface area contributed by atoms with Gasteiger partial charge in [-0.15, -0.1) is 0 Å². The maximum absolute atomic E-state index is 13.0. The van der Waals surface area contributed by atoms with Crippen LogP contribution in [0, 0.1) is 20.8 Å². The van der Waals surface area contributed by atoms with Crippen LogP contribution in [0.1, 0.15) is 27.2 Å². The van der Waals surface area contributed by atoms with E-state index in [0.717, 1.165) is 11.3 Å². The summed E-state index contributed by atoms with van der Waals surface area (Å²) in [6, 6.07) is 12.6. The van der Waals surface area contributed by atoms with E-state index >= 15 is 0 Å². The first-order chi connectivity index (χ1) is 16.3. The second-order valence-corrected chi connectivity index (χ2v) is 8.79. The van der Waals surface area contributed by atoms with Crippen molar-refractivity contribution in [3.8, 4) is 11.5 Å². The Hall–Kier alpha value is -3.75. The van der Waals surface area contributed by atoms with Gasteiger partial charge in [-0.2, -0.15) is 14.9 Å². The fraction of sp³-hybridized carbons (Fsp3) is 0.125. The molecule has 2 aromatic carbocycles. The van der Waals surface area contributed by atoms with Gasteiger partial charge in [-0.25, -0.2) is 14.6 Å². The zero-order valence-corrected chi connectivity index (χ0v) is 20.1. The number of fused-ring (bicyclic) bond motifs is 1. The number of amides is 1. The quantitative estimate of drug-likeness (QED) is 0.359. The highest BCUT2D eigenvalue weighted by atomic mass is 35.5. The lowest BCUT2D eigenvalue weighted by molar-refractivity contribution is 0.102. The molecule has 0 spiro atoms. The number of aromatic nitrogens is 6. The van der Waals surface area contributed by atoms with Gasteiger partial charge in [0.15, 0.2) is 11.5 Å². The summed E-state index contributed by atoms with van der Waals surface area (Å²) < 4.78 is 3.33. The minimum Gasteiger partial charge on any atom is -0.306 e. The van der Waals surface area contributed by atoms with Gasteiger partial charge in [-0.1, -0.05) is 40.9 Å². The van der Waals surface area contributed by atoms with Crippen molar-refractivity contribution >= 4 is 46.0 Å². The molecule has 3 aromatic heterocycles. The van der Waals surface area contributed by atoms with Gasteiger partial charge in [0.2, 0.25) is 0 Å². The summed E-state index contributed by atoms with van der Waals surface area (Å²) in [5.41, 5.74) is 4.74. The van der Waals surface area contributed by atoms with Crippen molar-refractivity contribution in [1.82, 2.24) is 29.5 Å². The lowest BCUT2D eigenvalue weighted by atomic mass is 10.1. The number of halogens is 2. The molecule has 1 amide bonds. The Labute approximate surface area is 205 Å². The van der Waals surface area contributed by atoms with Gasteiger partial charge in [0.1, 0.15) is 12.1 Å². The SMILES string of the molecule is Cc1ccc(-n2ncc3c(-n4nc(C)cc4NC(=O)c4cc(Cl)ccc4Cl)ncnc32)c(C)c1. The zero-order valence-electron chi connectivity index (χ0n) is 18.5. The molecule has 0 saturated heterocycles. The zero-order chi connectivity index (χ0) is 24.0. The molecule has 5 rings (SSSR count). The van der Waals surface area contributed by atoms with Crippen molar-refractivity contribution in [1.29, 1.82) is 0 Å². The molecule has 170 valence electrons. The molecule has 0 aliphatic heterocycles. The normalized spacial score (nSPS) is 11.2. The molecule has 0 bridgehead atoms. The number of rotatable bonds is 4. The average Bonchev–Trinajstić information content (AvgIpc) is 3.38. The van der Waals surface area contributed by atoms with Gasteiger partial charge >= 0.3 is 0 Å². The molecule has 10 heteroatoms. The molecular weight excluding hydrogens is 473 g/mol. The highest BCUT2D eigenvalue weighted by molar-refractivity contribution is 6.36. The van der Waals surface area contributed by atoms with Crippen LogP contribution in [0.4, 0.5) is 5.82 Å². The van der Waals surface area contributed by atoms with Crippen LogP contribution >= 0.6 is 23.2 Å². The molecule has 1 N–H and O–H groups in total. The third-order valence-electron chi connectivity index (χ3n) is 5.37. The largest absolute Gasteiger partial charge is 0.306 e. The summed E-state index contributed by atoms with van der Waals surface area (Å²) in [5.74, 6) is 0.504. The summed E-state index contributed by atoms with van der Waals surface area (Å²) in [7, 11) is 0. The number of nitrogens with zero attached hydrogens (tertiary/aromatic N) is 6. The molecule has 0 saturated carbocycles. The Morgan fingerprint density at radius 2 is 1.79 bits per heavy atom. The van der Waals surface area contributed by atoms with Crippen LogP contribution in [0.15, 0.2) is 55.0 Å². The number of carbonyl (C=O) groups excluding carboxylic acids is 1. The van der Waals surface area contributed by atoms with Crippen LogP contribution in [0.3, 0.4) is 0 Å². The molecule has 0 atom stereocenters. The number of carbonyl (C=O) groups is 1. The summed E-state index contributed by atoms with van der Waals surface area (Å²) in [5, 5.41) is 13.4. The highest BCUT2D eigenvalue weighted by Gasteiger charge is 2.19. The van der Waals surface area contributed by atoms with Gasteiger partial charge < -0.3 is 5.32 Å². The standard InChI is InChI=1S/C24H19Cl2N7O/c1-13-4-7-20(14(2)8-13)32-22-18(11-29-32)23(28-12-27-22)33-21(9-15(3)31-33)30-24(34)17-10-16(25)5-6-19(17)26/h4-12H,1-3H3,(H,30,34). The first-order valence-electron chi connectivity index (χ1n) is 10.4. The number of benzene rings is 2. The van der Waals surface area contributed by atoms with E-state index in [1.807, 2.05) is 32.9 Å². The fourth-order valence-electron chi connectivity index (χ4n) is 3.82. The highest BCUT2D eigenvalue weighted by Crippen LogP contribution is 2.27. The first kappa shape index (κ1) is 22.1. The molecular formula is C24H19Cl2N7O. The van der Waals surface area contributed by atoms with E-state index in [4.69, 9.17) is 23.2 Å². The molecule has 0 aliphatic rings. The Morgan fingerprint density at radius 3 is 2.59 bits per heavy atom. The van der Waals surface area contributed by atoms with Gasteiger partial charge in [0, 0.05) is 11.1 Å². The summed E-state index contributed by atoms with van der Waals surface area (Å²) in [4.78, 5) is 21.9. The van der Waals surface area contributed by atoms with Gasteiger partial charge in [0.05, 0.1) is 33.6 Å². The number of nitrogens with one attached hydrogen (secondary N) is 1. The van der Waals surface area contributed by atoms with Crippen LogP contribution in [-0.2, 0) is 0 Å². The van der Waals surface area contributed by atoms with Crippen LogP contribution in [0.25, 0.3) is 22.5 Å². The number of hydrogen-bond acceptors (Lipinski definition) is 5. The molecule has 34 heavy (non-hydrogen) atoms. The van der Waals surface area contributed by atoms with Gasteiger partial charge in [-0.3, -0.25) is 4.79 Å². The van der Waals surface area contributed by atoms with Crippen molar-refractivity contribution in [3.63, 3.8) is 0 Å². The van der Waals surface area contributed by atoms with Crippen LogP contribution in [0.5, 0.6) is 0 Å². The second kappa shape index (κ2) is 8.55. The van der Waals surface area contributed by atoms with Gasteiger partial charge in [0.25, 0.3) is 5.91 Å². The van der Waals surface area contributed by atoms with E-state index in [-0.39, 0.29) is 5.56 Å². The number of hydrogen-bond donors (Lipinski definition) is 1. The topological polar surface area (TPSA) is 90.5 Å². The minimum absolute atomic E-state index is 0.259. The van der Waals surface area contributed by atoms with Crippen LogP contribution in [-0.4, -0.2) is 35.4 Å². The first-order valence-corrected chi connectivity index (χ1v) is 11.2. The van der Waals surface area contributed by atoms with Crippen molar-refractivity contribution in [2.75, 3.05) is 5.32 Å². The van der Waals surface area contributed by atoms with E-state index in [0.29, 0.717) is 38.4 Å². The van der Waals surface area contributed by atoms with E-state index in [2.05, 4.69) is 31.5 Å². The van der Waals surface area contributed by atoms with Crippen LogP contribution in [0.2, 0.25) is 10.0 Å². The molecule has 0 radical (unpaired) electrons. The average molecular weight is 492 g/mol. The Kier molecular flexibility index (Phi) is 5.55. The Balaban J connectivity index is 1.58. The molecule has 3 heterocycles. The molecule has 0 fully saturated rings. The van der Waals surface area contributed by atoms with Crippen LogP contribution < -0.4 is 5.32 Å². The molecule has 8 nitrogen and oxygen atoms in total. The predicted octanol–water partition coefficient (Wildman–Crippen LogP) is 5.49. The fourth-order valence-corrected chi connectivity index (χ4v) is 4.20. The smallest absolute Gasteiger partial charge is 0.258 e. The summed E-state index contributed by atoms with van der Waals surface area (Å²) in [6.45, 7) is 5.91. The maximum atomic E-state index is 13.0. The monoisotopic (exact) mass is 491 g/mol. The number of anilines is 1. The molecule has 5 aromatic rings. The van der Waals surface area contributed by atoms with Crippen molar-refractivity contribution in [3.05, 3.63) is 87.4 Å². The summed E-state index contributed by atoms with van der Waals surface area (Å²) >= 11 is 12.3. The third kappa shape index (κ3) is 3.91. The molecule has 0 aliphatic carbocycles. The van der Waals surface area contributed by atoms with Crippen molar-refractivity contribution in [2.45, 2.75) is 20.8 Å². The number of aryl methyl sites for hydroxylation is 3. The van der Waals surface area contributed by atoms with E-state index in [9.17, 15) is 4.79 Å². The summed E-state index contributed by atoms with van der Waals surface area (Å²) in [6.07, 6.45) is 3.15. The second-order valence-electron chi connectivity index (χ2n) is 7.94. The lowest BCUT2D eigenvalue weighted by Gasteiger charge is -2.11. The van der Waals surface area contributed by atoms with E-state index in [1.165, 1.54) is 18.0 Å². The van der Waals surface area contributed by atoms with E-state index < -0.39 is 5.91 Å². The van der Waals surface area contributed by atoms with Crippen molar-refractivity contribution < 1.29 is 4.79 Å². The predicted molar refractivity (Wildman–Crippen MR) is 132 cm³/mol. The maximum Gasteiger partial charge on any atom is 0.258 e. The third-order valence-corrected chi connectivity index (χ3v) is 5.94. The Bertz CT molecular complexity index is 1570. The van der Waals surface area contributed by atoms with E-state index in [1.54, 1.807) is 33.8 Å². The lowest BCUT2D eigenvalue weighted by Crippen LogP contribution is -2.16.